The maximum atomic E-state index is 12.6. The quantitative estimate of drug-likeness (QED) is 0.895. The molecule has 1 aromatic carbocycles. The third kappa shape index (κ3) is 4.05. The number of pyridine rings is 1. The van der Waals surface area contributed by atoms with Crippen LogP contribution >= 0.6 is 0 Å². The van der Waals surface area contributed by atoms with Gasteiger partial charge in [-0.25, -0.2) is 0 Å². The van der Waals surface area contributed by atoms with Crippen molar-refractivity contribution in [2.24, 2.45) is 0 Å². The molecule has 0 radical (unpaired) electrons. The fourth-order valence-electron chi connectivity index (χ4n) is 3.22. The largest absolute Gasteiger partial charge is 0.348 e. The Hall–Kier alpha value is -2.69. The minimum atomic E-state index is -0.241. The van der Waals surface area contributed by atoms with Gasteiger partial charge in [0.25, 0.3) is 11.8 Å². The standard InChI is InChI=1S/C20H23N3O2/c1-13-6-5-7-14(2)18(13)23-19(24)15-10-11-21-17(12-15)20(25)22-16-8-3-4-9-16/h5-7,10-12,16H,3-4,8-9H2,1-2H3,(H,22,25)(H,23,24). The first-order valence-corrected chi connectivity index (χ1v) is 8.69. The van der Waals surface area contributed by atoms with Crippen molar-refractivity contribution in [1.29, 1.82) is 0 Å². The number of carbonyl (C=O) groups excluding carboxylic acids is 2. The van der Waals surface area contributed by atoms with E-state index in [1.165, 1.54) is 6.20 Å². The van der Waals surface area contributed by atoms with Crippen LogP contribution in [0.3, 0.4) is 0 Å². The van der Waals surface area contributed by atoms with Crippen molar-refractivity contribution in [2.75, 3.05) is 5.32 Å². The number of nitrogens with one attached hydrogen (secondary N) is 2. The number of para-hydroxylation sites is 1. The summed E-state index contributed by atoms with van der Waals surface area (Å²) >= 11 is 0. The van der Waals surface area contributed by atoms with Crippen molar-refractivity contribution in [2.45, 2.75) is 45.6 Å². The van der Waals surface area contributed by atoms with Crippen LogP contribution in [0.25, 0.3) is 0 Å². The lowest BCUT2D eigenvalue weighted by atomic mass is 10.1. The third-order valence-corrected chi connectivity index (χ3v) is 4.66. The molecule has 1 fully saturated rings. The van der Waals surface area contributed by atoms with Gasteiger partial charge >= 0.3 is 0 Å². The molecule has 25 heavy (non-hydrogen) atoms. The Kier molecular flexibility index (Phi) is 5.12. The Balaban J connectivity index is 1.74. The molecule has 5 nitrogen and oxygen atoms in total. The van der Waals surface area contributed by atoms with Crippen LogP contribution in [0.15, 0.2) is 36.5 Å². The van der Waals surface area contributed by atoms with Gasteiger partial charge in [-0.1, -0.05) is 31.0 Å². The summed E-state index contributed by atoms with van der Waals surface area (Å²) in [5, 5.41) is 5.93. The second kappa shape index (κ2) is 7.47. The summed E-state index contributed by atoms with van der Waals surface area (Å²) < 4.78 is 0. The van der Waals surface area contributed by atoms with E-state index in [2.05, 4.69) is 15.6 Å². The smallest absolute Gasteiger partial charge is 0.270 e. The fraction of sp³-hybridized carbons (Fsp3) is 0.350. The van der Waals surface area contributed by atoms with Gasteiger partial charge in [-0.15, -0.1) is 0 Å². The maximum Gasteiger partial charge on any atom is 0.270 e. The summed E-state index contributed by atoms with van der Waals surface area (Å²) in [5.74, 6) is -0.455. The van der Waals surface area contributed by atoms with Crippen molar-refractivity contribution in [3.05, 3.63) is 58.9 Å². The average molecular weight is 337 g/mol. The van der Waals surface area contributed by atoms with E-state index < -0.39 is 0 Å². The minimum absolute atomic E-state index is 0.214. The molecule has 0 atom stereocenters. The second-order valence-electron chi connectivity index (χ2n) is 6.61. The predicted molar refractivity (Wildman–Crippen MR) is 97.8 cm³/mol. The molecular formula is C20H23N3O2. The first-order chi connectivity index (χ1) is 12.0. The molecular weight excluding hydrogens is 314 g/mol. The Bertz CT molecular complexity index is 775. The molecule has 2 aromatic rings. The summed E-state index contributed by atoms with van der Waals surface area (Å²) in [7, 11) is 0. The zero-order valence-electron chi connectivity index (χ0n) is 14.6. The van der Waals surface area contributed by atoms with Crippen LogP contribution in [0.4, 0.5) is 5.69 Å². The number of hydrogen-bond acceptors (Lipinski definition) is 3. The Morgan fingerprint density at radius 1 is 1.04 bits per heavy atom. The topological polar surface area (TPSA) is 71.1 Å². The van der Waals surface area contributed by atoms with E-state index in [0.29, 0.717) is 5.56 Å². The van der Waals surface area contributed by atoms with E-state index in [0.717, 1.165) is 42.5 Å². The van der Waals surface area contributed by atoms with Crippen molar-refractivity contribution in [3.63, 3.8) is 0 Å². The van der Waals surface area contributed by atoms with Crippen molar-refractivity contribution < 1.29 is 9.59 Å². The average Bonchev–Trinajstić information content (AvgIpc) is 3.11. The summed E-state index contributed by atoms with van der Waals surface area (Å²) in [5.41, 5.74) is 3.51. The molecule has 0 unspecified atom stereocenters. The van der Waals surface area contributed by atoms with Gasteiger partial charge < -0.3 is 10.6 Å². The van der Waals surface area contributed by atoms with Gasteiger partial charge in [0.2, 0.25) is 0 Å². The molecule has 1 heterocycles. The number of carbonyl (C=O) groups is 2. The van der Waals surface area contributed by atoms with E-state index >= 15 is 0 Å². The first-order valence-electron chi connectivity index (χ1n) is 8.69. The van der Waals surface area contributed by atoms with Crippen LogP contribution in [0.5, 0.6) is 0 Å². The van der Waals surface area contributed by atoms with Crippen LogP contribution in [0, 0.1) is 13.8 Å². The summed E-state index contributed by atoms with van der Waals surface area (Å²) in [6.45, 7) is 3.91. The van der Waals surface area contributed by atoms with Crippen LogP contribution in [-0.2, 0) is 0 Å². The molecule has 5 heteroatoms. The predicted octanol–water partition coefficient (Wildman–Crippen LogP) is 3.62. The van der Waals surface area contributed by atoms with Crippen molar-refractivity contribution in [1.82, 2.24) is 10.3 Å². The van der Waals surface area contributed by atoms with Crippen LogP contribution in [-0.4, -0.2) is 22.8 Å². The number of anilines is 1. The van der Waals surface area contributed by atoms with Crippen molar-refractivity contribution in [3.8, 4) is 0 Å². The molecule has 0 bridgehead atoms. The normalized spacial score (nSPS) is 14.3. The molecule has 2 amide bonds. The molecule has 3 rings (SSSR count). The van der Waals surface area contributed by atoms with E-state index in [9.17, 15) is 9.59 Å². The first kappa shape index (κ1) is 17.1. The number of nitrogens with zero attached hydrogens (tertiary/aromatic N) is 1. The molecule has 130 valence electrons. The highest BCUT2D eigenvalue weighted by atomic mass is 16.2. The molecule has 1 aliphatic rings. The number of aryl methyl sites for hydroxylation is 2. The van der Waals surface area contributed by atoms with Crippen molar-refractivity contribution >= 4 is 17.5 Å². The fourth-order valence-corrected chi connectivity index (χ4v) is 3.22. The molecule has 2 N–H and O–H groups in total. The van der Waals surface area contributed by atoms with E-state index in [1.807, 2.05) is 32.0 Å². The van der Waals surface area contributed by atoms with Gasteiger partial charge in [0, 0.05) is 23.5 Å². The minimum Gasteiger partial charge on any atom is -0.348 e. The Labute approximate surface area is 147 Å². The molecule has 1 aromatic heterocycles. The molecule has 0 aliphatic heterocycles. The number of amides is 2. The van der Waals surface area contributed by atoms with Crippen LogP contribution in [0.2, 0.25) is 0 Å². The summed E-state index contributed by atoms with van der Waals surface area (Å²) in [6.07, 6.45) is 5.83. The Morgan fingerprint density at radius 2 is 1.72 bits per heavy atom. The van der Waals surface area contributed by atoms with Crippen LogP contribution < -0.4 is 10.6 Å². The maximum absolute atomic E-state index is 12.6. The van der Waals surface area contributed by atoms with Gasteiger partial charge in [-0.3, -0.25) is 14.6 Å². The monoisotopic (exact) mass is 337 g/mol. The Morgan fingerprint density at radius 3 is 2.40 bits per heavy atom. The molecule has 0 saturated heterocycles. The number of hydrogen-bond donors (Lipinski definition) is 2. The van der Waals surface area contributed by atoms with Gasteiger partial charge in [-0.05, 0) is 49.9 Å². The highest BCUT2D eigenvalue weighted by molar-refractivity contribution is 6.06. The summed E-state index contributed by atoms with van der Waals surface area (Å²) in [6, 6.07) is 9.26. The van der Waals surface area contributed by atoms with E-state index in [1.54, 1.807) is 12.1 Å². The third-order valence-electron chi connectivity index (χ3n) is 4.66. The lowest BCUT2D eigenvalue weighted by Gasteiger charge is -2.13. The molecule has 0 spiro atoms. The lowest BCUT2D eigenvalue weighted by Crippen LogP contribution is -2.33. The van der Waals surface area contributed by atoms with Crippen LogP contribution in [0.1, 0.15) is 57.7 Å². The number of aromatic nitrogens is 1. The SMILES string of the molecule is Cc1cccc(C)c1NC(=O)c1ccnc(C(=O)NC2CCCC2)c1. The highest BCUT2D eigenvalue weighted by Gasteiger charge is 2.19. The molecule has 1 saturated carbocycles. The lowest BCUT2D eigenvalue weighted by molar-refractivity contribution is 0.0933. The highest BCUT2D eigenvalue weighted by Crippen LogP contribution is 2.21. The number of benzene rings is 1. The number of rotatable bonds is 4. The van der Waals surface area contributed by atoms with Gasteiger partial charge in [0.05, 0.1) is 0 Å². The zero-order chi connectivity index (χ0) is 17.8. The van der Waals surface area contributed by atoms with Gasteiger partial charge in [-0.2, -0.15) is 0 Å². The van der Waals surface area contributed by atoms with Gasteiger partial charge in [0.15, 0.2) is 0 Å². The van der Waals surface area contributed by atoms with E-state index in [4.69, 9.17) is 0 Å². The van der Waals surface area contributed by atoms with E-state index in [-0.39, 0.29) is 23.6 Å². The molecule has 1 aliphatic carbocycles. The zero-order valence-corrected chi connectivity index (χ0v) is 14.6. The van der Waals surface area contributed by atoms with Gasteiger partial charge in [0.1, 0.15) is 5.69 Å². The summed E-state index contributed by atoms with van der Waals surface area (Å²) in [4.78, 5) is 29.0. The second-order valence-corrected chi connectivity index (χ2v) is 6.61.